The fourth-order valence-corrected chi connectivity index (χ4v) is 2.32. The van der Waals surface area contributed by atoms with E-state index >= 15 is 0 Å². The molecule has 0 aromatic carbocycles. The zero-order valence-electron chi connectivity index (χ0n) is 10.1. The summed E-state index contributed by atoms with van der Waals surface area (Å²) < 4.78 is 1.31. The van der Waals surface area contributed by atoms with Gasteiger partial charge in [0.1, 0.15) is 17.2 Å². The number of hydrogen-bond acceptors (Lipinski definition) is 7. The molecule has 0 fully saturated rings. The molecule has 0 aliphatic heterocycles. The monoisotopic (exact) mass is 297 g/mol. The van der Waals surface area contributed by atoms with Crippen molar-refractivity contribution in [1.82, 2.24) is 25.5 Å². The number of nitrogens with one attached hydrogen (secondary N) is 1. The second-order valence-corrected chi connectivity index (χ2v) is 4.68. The molecule has 20 heavy (non-hydrogen) atoms. The van der Waals surface area contributed by atoms with E-state index in [1.807, 2.05) is 0 Å². The molecule has 0 aliphatic carbocycles. The van der Waals surface area contributed by atoms with Crippen LogP contribution >= 0.6 is 11.3 Å². The maximum atomic E-state index is 12.1. The lowest BCUT2D eigenvalue weighted by Gasteiger charge is -2.13. The Kier molecular flexibility index (Phi) is 4.38. The second-order valence-electron chi connectivity index (χ2n) is 3.77. The van der Waals surface area contributed by atoms with Crippen LogP contribution < -0.4 is 5.32 Å². The average Bonchev–Trinajstić information content (AvgIpc) is 3.08. The molecule has 2 rings (SSSR count). The molecule has 2 heterocycles. The van der Waals surface area contributed by atoms with Crippen molar-refractivity contribution in [2.45, 2.75) is 12.5 Å². The molecule has 0 radical (unpaired) electrons. The van der Waals surface area contributed by atoms with E-state index in [0.29, 0.717) is 10.6 Å². The van der Waals surface area contributed by atoms with Gasteiger partial charge in [-0.3, -0.25) is 4.79 Å². The van der Waals surface area contributed by atoms with Crippen LogP contribution in [0.2, 0.25) is 0 Å². The van der Waals surface area contributed by atoms with Crippen molar-refractivity contribution in [1.29, 1.82) is 0 Å². The quantitative estimate of drug-likeness (QED) is 0.642. The van der Waals surface area contributed by atoms with E-state index in [9.17, 15) is 9.59 Å². The van der Waals surface area contributed by atoms with Crippen LogP contribution in [0.15, 0.2) is 17.8 Å². The summed E-state index contributed by atoms with van der Waals surface area (Å²) in [5, 5.41) is 32.4. The Bertz CT molecular complexity index is 597. The third-order valence-corrected chi connectivity index (χ3v) is 3.37. The van der Waals surface area contributed by atoms with Crippen LogP contribution in [0.3, 0.4) is 0 Å². The van der Waals surface area contributed by atoms with Crippen molar-refractivity contribution < 1.29 is 19.8 Å². The summed E-state index contributed by atoms with van der Waals surface area (Å²) in [4.78, 5) is 23.3. The Labute approximate surface area is 116 Å². The number of carboxylic acid groups (broad SMARTS) is 1. The molecular weight excluding hydrogens is 286 g/mol. The summed E-state index contributed by atoms with van der Waals surface area (Å²) in [5.74, 6) is -1.75. The Morgan fingerprint density at radius 3 is 2.90 bits per heavy atom. The van der Waals surface area contributed by atoms with Crippen molar-refractivity contribution in [2.75, 3.05) is 6.61 Å². The van der Waals surface area contributed by atoms with E-state index in [1.54, 1.807) is 11.4 Å². The summed E-state index contributed by atoms with van der Waals surface area (Å²) in [6.45, 7) is -0.332. The van der Waals surface area contributed by atoms with E-state index in [0.717, 1.165) is 11.3 Å². The van der Waals surface area contributed by atoms with Crippen LogP contribution in [0.5, 0.6) is 0 Å². The highest BCUT2D eigenvalue weighted by atomic mass is 32.1. The minimum absolute atomic E-state index is 0.0628. The van der Waals surface area contributed by atoms with Gasteiger partial charge in [0.2, 0.25) is 0 Å². The number of aromatic nitrogens is 4. The fraction of sp³-hybridized carbons (Fsp3) is 0.300. The largest absolute Gasteiger partial charge is 0.480 e. The van der Waals surface area contributed by atoms with Gasteiger partial charge in [0.15, 0.2) is 0 Å². The van der Waals surface area contributed by atoms with Crippen molar-refractivity contribution in [3.63, 3.8) is 0 Å². The molecule has 0 saturated carbocycles. The van der Waals surface area contributed by atoms with Crippen molar-refractivity contribution in [3.05, 3.63) is 22.7 Å². The van der Waals surface area contributed by atoms with E-state index < -0.39 is 17.9 Å². The van der Waals surface area contributed by atoms with Crippen LogP contribution in [0.25, 0.3) is 5.69 Å². The van der Waals surface area contributed by atoms with Gasteiger partial charge in [-0.15, -0.1) is 16.4 Å². The van der Waals surface area contributed by atoms with Gasteiger partial charge in [0.25, 0.3) is 5.91 Å². The first-order valence-electron chi connectivity index (χ1n) is 5.59. The van der Waals surface area contributed by atoms with Crippen molar-refractivity contribution in [2.24, 2.45) is 0 Å². The van der Waals surface area contributed by atoms with E-state index in [1.165, 1.54) is 11.0 Å². The lowest BCUT2D eigenvalue weighted by atomic mass is 10.2. The normalized spacial score (nSPS) is 12.1. The second kappa shape index (κ2) is 6.21. The Morgan fingerprint density at radius 1 is 1.50 bits per heavy atom. The first kappa shape index (κ1) is 14.1. The summed E-state index contributed by atoms with van der Waals surface area (Å²) in [5.41, 5.74) is 0.464. The number of carbonyl (C=O) groups is 2. The molecule has 0 saturated heterocycles. The lowest BCUT2D eigenvalue weighted by molar-refractivity contribution is -0.139. The number of aliphatic hydroxyl groups excluding tert-OH is 1. The highest BCUT2D eigenvalue weighted by Crippen LogP contribution is 2.20. The van der Waals surface area contributed by atoms with Crippen molar-refractivity contribution in [3.8, 4) is 5.69 Å². The van der Waals surface area contributed by atoms with Crippen LogP contribution in [0.4, 0.5) is 0 Å². The number of tetrazole rings is 1. The van der Waals surface area contributed by atoms with Crippen LogP contribution in [0.1, 0.15) is 16.1 Å². The Hall–Kier alpha value is -2.33. The summed E-state index contributed by atoms with van der Waals surface area (Å²) in [6, 6.07) is 0.508. The summed E-state index contributed by atoms with van der Waals surface area (Å²) >= 11 is 1.14. The highest BCUT2D eigenvalue weighted by Gasteiger charge is 2.23. The average molecular weight is 297 g/mol. The molecule has 3 N–H and O–H groups in total. The minimum atomic E-state index is -1.20. The summed E-state index contributed by atoms with van der Waals surface area (Å²) in [6.07, 6.45) is 1.27. The first-order chi connectivity index (χ1) is 9.63. The smallest absolute Gasteiger partial charge is 0.326 e. The highest BCUT2D eigenvalue weighted by molar-refractivity contribution is 7.12. The van der Waals surface area contributed by atoms with Crippen LogP contribution in [-0.4, -0.2) is 54.9 Å². The summed E-state index contributed by atoms with van der Waals surface area (Å²) in [7, 11) is 0. The predicted molar refractivity (Wildman–Crippen MR) is 67.6 cm³/mol. The molecule has 0 spiro atoms. The number of hydrogen-bond donors (Lipinski definition) is 3. The SMILES string of the molecule is O=C(NC(CCO)C(=O)O)c1sccc1-n1cnnn1. The maximum Gasteiger partial charge on any atom is 0.326 e. The molecule has 1 atom stereocenters. The lowest BCUT2D eigenvalue weighted by Crippen LogP contribution is -2.41. The fourth-order valence-electron chi connectivity index (χ4n) is 1.53. The number of thiophene rings is 1. The Morgan fingerprint density at radius 2 is 2.30 bits per heavy atom. The van der Waals surface area contributed by atoms with E-state index in [4.69, 9.17) is 10.2 Å². The van der Waals surface area contributed by atoms with Gasteiger partial charge < -0.3 is 15.5 Å². The van der Waals surface area contributed by atoms with Crippen molar-refractivity contribution >= 4 is 23.2 Å². The molecule has 10 heteroatoms. The molecule has 1 unspecified atom stereocenters. The van der Waals surface area contributed by atoms with Gasteiger partial charge in [-0.25, -0.2) is 4.79 Å². The van der Waals surface area contributed by atoms with Gasteiger partial charge in [-0.1, -0.05) is 0 Å². The predicted octanol–water partition coefficient (Wildman–Crippen LogP) is -0.711. The number of carboxylic acids is 1. The van der Waals surface area contributed by atoms with E-state index in [2.05, 4.69) is 20.8 Å². The number of aliphatic carboxylic acids is 1. The number of amides is 1. The molecule has 1 amide bonds. The molecule has 0 bridgehead atoms. The van der Waals surface area contributed by atoms with E-state index in [-0.39, 0.29) is 13.0 Å². The third-order valence-electron chi connectivity index (χ3n) is 2.47. The maximum absolute atomic E-state index is 12.1. The number of nitrogens with zero attached hydrogens (tertiary/aromatic N) is 4. The topological polar surface area (TPSA) is 130 Å². The first-order valence-corrected chi connectivity index (χ1v) is 6.47. The van der Waals surface area contributed by atoms with Gasteiger partial charge >= 0.3 is 5.97 Å². The Balaban J connectivity index is 2.18. The van der Waals surface area contributed by atoms with Gasteiger partial charge in [0.05, 0.1) is 5.69 Å². The standard InChI is InChI=1S/C10H11N5O4S/c16-3-1-6(10(18)19)12-9(17)8-7(2-4-20-8)15-5-11-13-14-15/h2,4-6,16H,1,3H2,(H,12,17)(H,18,19). The zero-order valence-corrected chi connectivity index (χ0v) is 10.9. The number of rotatable bonds is 6. The van der Waals surface area contributed by atoms with Crippen LogP contribution in [0, 0.1) is 0 Å². The minimum Gasteiger partial charge on any atom is -0.480 e. The van der Waals surface area contributed by atoms with Gasteiger partial charge in [0, 0.05) is 13.0 Å². The molecule has 2 aromatic rings. The number of aliphatic hydroxyl groups is 1. The number of carbonyl (C=O) groups excluding carboxylic acids is 1. The molecule has 9 nitrogen and oxygen atoms in total. The van der Waals surface area contributed by atoms with Gasteiger partial charge in [-0.05, 0) is 21.9 Å². The molecule has 106 valence electrons. The van der Waals surface area contributed by atoms with Crippen LogP contribution in [-0.2, 0) is 4.79 Å². The molecular formula is C10H11N5O4S. The van der Waals surface area contributed by atoms with Gasteiger partial charge in [-0.2, -0.15) is 4.68 Å². The third kappa shape index (κ3) is 2.97. The zero-order chi connectivity index (χ0) is 14.5. The molecule has 2 aromatic heterocycles. The molecule has 0 aliphatic rings.